The molecule has 9 aromatic carbocycles. The first-order chi connectivity index (χ1) is 25.8. The lowest BCUT2D eigenvalue weighted by molar-refractivity contribution is 0.623. The van der Waals surface area contributed by atoms with Crippen LogP contribution in [0.5, 0.6) is 0 Å². The van der Waals surface area contributed by atoms with Crippen LogP contribution in [0.2, 0.25) is 0 Å². The van der Waals surface area contributed by atoms with Crippen molar-refractivity contribution < 1.29 is 4.42 Å². The second kappa shape index (κ2) is 12.4. The summed E-state index contributed by atoms with van der Waals surface area (Å²) in [6, 6.07) is 68.8. The molecule has 0 unspecified atom stereocenters. The van der Waals surface area contributed by atoms with Gasteiger partial charge in [0.1, 0.15) is 5.52 Å². The van der Waals surface area contributed by atoms with E-state index < -0.39 is 0 Å². The van der Waals surface area contributed by atoms with Gasteiger partial charge in [-0.25, -0.2) is 4.98 Å². The number of oxazole rings is 1. The maximum atomic E-state index is 6.49. The summed E-state index contributed by atoms with van der Waals surface area (Å²) in [5, 5.41) is 6.91. The van der Waals surface area contributed by atoms with E-state index in [-0.39, 0.29) is 0 Å². The third kappa shape index (κ3) is 5.19. The zero-order chi connectivity index (χ0) is 34.4. The van der Waals surface area contributed by atoms with Gasteiger partial charge < -0.3 is 9.32 Å². The van der Waals surface area contributed by atoms with E-state index in [9.17, 15) is 0 Å². The van der Waals surface area contributed by atoms with Crippen molar-refractivity contribution in [2.24, 2.45) is 0 Å². The van der Waals surface area contributed by atoms with Crippen molar-refractivity contribution in [1.82, 2.24) is 4.98 Å². The normalized spacial score (nSPS) is 11.5. The summed E-state index contributed by atoms with van der Waals surface area (Å²) in [5.74, 6) is 0.633. The van der Waals surface area contributed by atoms with Gasteiger partial charge in [0.15, 0.2) is 5.58 Å². The molecule has 0 radical (unpaired) electrons. The van der Waals surface area contributed by atoms with Crippen LogP contribution in [0.25, 0.3) is 77.1 Å². The van der Waals surface area contributed by atoms with Gasteiger partial charge in [-0.3, -0.25) is 0 Å². The van der Waals surface area contributed by atoms with E-state index in [4.69, 9.17) is 9.40 Å². The first-order valence-corrected chi connectivity index (χ1v) is 17.6. The minimum Gasteiger partial charge on any atom is -0.435 e. The van der Waals surface area contributed by atoms with Gasteiger partial charge in [0.05, 0.1) is 0 Å². The van der Waals surface area contributed by atoms with Crippen LogP contribution < -0.4 is 4.90 Å². The van der Waals surface area contributed by atoms with Gasteiger partial charge in [0.25, 0.3) is 0 Å². The summed E-state index contributed by atoms with van der Waals surface area (Å²) in [5.41, 5.74) is 10.6. The van der Waals surface area contributed by atoms with E-state index in [1.54, 1.807) is 0 Å². The molecule has 0 N–H and O–H groups in total. The lowest BCUT2D eigenvalue weighted by Crippen LogP contribution is -2.09. The van der Waals surface area contributed by atoms with Crippen molar-refractivity contribution in [1.29, 1.82) is 0 Å². The molecule has 0 bridgehead atoms. The molecule has 0 fully saturated rings. The van der Waals surface area contributed by atoms with E-state index in [0.29, 0.717) is 5.89 Å². The van der Waals surface area contributed by atoms with Gasteiger partial charge in [0, 0.05) is 33.4 Å². The van der Waals surface area contributed by atoms with Gasteiger partial charge in [-0.1, -0.05) is 140 Å². The SMILES string of the molecule is c1ccc(-c2ccc(N(c3ccc(-c4ccc5c6ccccc6c6oc(-c7ccccc7)nc6c5c4)cc3)c3ccc4ccccc4c3)cc2)cc1. The number of hydrogen-bond acceptors (Lipinski definition) is 3. The predicted molar refractivity (Wildman–Crippen MR) is 218 cm³/mol. The topological polar surface area (TPSA) is 29.3 Å². The number of nitrogens with zero attached hydrogens (tertiary/aromatic N) is 2. The minimum atomic E-state index is 0.633. The zero-order valence-electron chi connectivity index (χ0n) is 28.3. The van der Waals surface area contributed by atoms with Crippen LogP contribution in [0.1, 0.15) is 0 Å². The molecule has 0 atom stereocenters. The Morgan fingerprint density at radius 3 is 1.58 bits per heavy atom. The van der Waals surface area contributed by atoms with E-state index in [1.165, 1.54) is 21.9 Å². The van der Waals surface area contributed by atoms with Crippen LogP contribution in [0, 0.1) is 0 Å². The van der Waals surface area contributed by atoms with Crippen LogP contribution in [-0.4, -0.2) is 4.98 Å². The lowest BCUT2D eigenvalue weighted by atomic mass is 9.96. The largest absolute Gasteiger partial charge is 0.435 e. The molecule has 0 saturated heterocycles. The Morgan fingerprint density at radius 1 is 0.346 bits per heavy atom. The van der Waals surface area contributed by atoms with Gasteiger partial charge in [0.2, 0.25) is 5.89 Å². The highest BCUT2D eigenvalue weighted by molar-refractivity contribution is 6.23. The maximum absolute atomic E-state index is 6.49. The quantitative estimate of drug-likeness (QED) is 0.166. The average Bonchev–Trinajstić information content (AvgIpc) is 3.69. The monoisotopic (exact) mass is 664 g/mol. The lowest BCUT2D eigenvalue weighted by Gasteiger charge is -2.26. The predicted octanol–water partition coefficient (Wildman–Crippen LogP) is 13.8. The van der Waals surface area contributed by atoms with Crippen molar-refractivity contribution in [3.8, 4) is 33.7 Å². The number of anilines is 3. The first-order valence-electron chi connectivity index (χ1n) is 17.6. The third-order valence-corrected chi connectivity index (χ3v) is 10.1. The Kier molecular flexibility index (Phi) is 7.14. The molecule has 3 nitrogen and oxygen atoms in total. The summed E-state index contributed by atoms with van der Waals surface area (Å²) >= 11 is 0. The molecule has 10 rings (SSSR count). The Bertz CT molecular complexity index is 2880. The van der Waals surface area contributed by atoms with Crippen LogP contribution in [0.4, 0.5) is 17.1 Å². The van der Waals surface area contributed by atoms with E-state index in [2.05, 4.69) is 169 Å². The fraction of sp³-hybridized carbons (Fsp3) is 0. The molecule has 52 heavy (non-hydrogen) atoms. The van der Waals surface area contributed by atoms with Crippen molar-refractivity contribution in [2.45, 2.75) is 0 Å². The van der Waals surface area contributed by atoms with Crippen molar-refractivity contribution in [2.75, 3.05) is 4.90 Å². The molecule has 0 aliphatic heterocycles. The number of hydrogen-bond donors (Lipinski definition) is 0. The number of aromatic nitrogens is 1. The molecule has 0 aliphatic rings. The fourth-order valence-corrected chi connectivity index (χ4v) is 7.46. The van der Waals surface area contributed by atoms with Gasteiger partial charge in [-0.15, -0.1) is 0 Å². The molecule has 1 heterocycles. The molecular formula is C49H32N2O. The van der Waals surface area contributed by atoms with Crippen molar-refractivity contribution >= 4 is 60.5 Å². The number of rotatable bonds is 6. The molecular weight excluding hydrogens is 633 g/mol. The standard InChI is InChI=1S/C49H32N2O/c1-3-11-33(12-4-1)35-19-25-40(26-20-35)51(42-29-23-34-13-7-8-16-38(34)31-42)41-27-21-36(22-28-41)39-24-30-44-43-17-9-10-18-45(43)48-47(46(44)32-39)50-49(52-48)37-14-5-2-6-15-37/h1-32H. The average molecular weight is 665 g/mol. The van der Waals surface area contributed by atoms with Crippen molar-refractivity contribution in [3.05, 3.63) is 194 Å². The Hall–Kier alpha value is -6.97. The highest BCUT2D eigenvalue weighted by atomic mass is 16.3. The summed E-state index contributed by atoms with van der Waals surface area (Å²) in [7, 11) is 0. The molecule has 0 amide bonds. The van der Waals surface area contributed by atoms with E-state index >= 15 is 0 Å². The second-order valence-electron chi connectivity index (χ2n) is 13.2. The third-order valence-electron chi connectivity index (χ3n) is 10.1. The Morgan fingerprint density at radius 2 is 0.865 bits per heavy atom. The smallest absolute Gasteiger partial charge is 0.227 e. The van der Waals surface area contributed by atoms with Gasteiger partial charge >= 0.3 is 0 Å². The number of benzene rings is 9. The van der Waals surface area contributed by atoms with E-state index in [0.717, 1.165) is 66.4 Å². The fourth-order valence-electron chi connectivity index (χ4n) is 7.46. The summed E-state index contributed by atoms with van der Waals surface area (Å²) in [6.07, 6.45) is 0. The highest BCUT2D eigenvalue weighted by Gasteiger charge is 2.18. The van der Waals surface area contributed by atoms with Crippen LogP contribution >= 0.6 is 0 Å². The molecule has 0 spiro atoms. The van der Waals surface area contributed by atoms with Crippen molar-refractivity contribution in [3.63, 3.8) is 0 Å². The van der Waals surface area contributed by atoms with Gasteiger partial charge in [-0.2, -0.15) is 0 Å². The molecule has 3 heteroatoms. The summed E-state index contributed by atoms with van der Waals surface area (Å²) in [6.45, 7) is 0. The molecule has 0 saturated carbocycles. The molecule has 10 aromatic rings. The van der Waals surface area contributed by atoms with Crippen LogP contribution in [0.3, 0.4) is 0 Å². The molecule has 1 aromatic heterocycles. The highest BCUT2D eigenvalue weighted by Crippen LogP contribution is 2.41. The molecule has 244 valence electrons. The minimum absolute atomic E-state index is 0.633. The molecule has 0 aliphatic carbocycles. The Labute approximate surface area is 301 Å². The maximum Gasteiger partial charge on any atom is 0.227 e. The zero-order valence-corrected chi connectivity index (χ0v) is 28.3. The Balaban J connectivity index is 1.08. The first kappa shape index (κ1) is 29.9. The summed E-state index contributed by atoms with van der Waals surface area (Å²) < 4.78 is 6.49. The second-order valence-corrected chi connectivity index (χ2v) is 13.2. The van der Waals surface area contributed by atoms with Gasteiger partial charge in [-0.05, 0) is 98.4 Å². The van der Waals surface area contributed by atoms with Crippen LogP contribution in [0.15, 0.2) is 199 Å². The van der Waals surface area contributed by atoms with Crippen LogP contribution in [-0.2, 0) is 0 Å². The summed E-state index contributed by atoms with van der Waals surface area (Å²) in [4.78, 5) is 7.41. The number of fused-ring (bicyclic) bond motifs is 7. The van der Waals surface area contributed by atoms with E-state index in [1.807, 2.05) is 30.3 Å².